The third-order valence-corrected chi connectivity index (χ3v) is 2.90. The van der Waals surface area contributed by atoms with Gasteiger partial charge in [0, 0.05) is 5.02 Å². The number of carboxylic acids is 1. The van der Waals surface area contributed by atoms with E-state index < -0.39 is 12.1 Å². The molecule has 0 aliphatic heterocycles. The van der Waals surface area contributed by atoms with Gasteiger partial charge in [-0.3, -0.25) is 5.32 Å². The fraction of sp³-hybridized carbons (Fsp3) is 0.0667. The highest BCUT2D eigenvalue weighted by molar-refractivity contribution is 6.31. The van der Waals surface area contributed by atoms with Crippen LogP contribution in [0.1, 0.15) is 15.9 Å². The molecule has 6 heteroatoms. The van der Waals surface area contributed by atoms with Crippen molar-refractivity contribution in [2.45, 2.75) is 6.61 Å². The minimum atomic E-state index is -1.16. The highest BCUT2D eigenvalue weighted by atomic mass is 35.5. The smallest absolute Gasteiger partial charge is 0.411 e. The third kappa shape index (κ3) is 4.22. The summed E-state index contributed by atoms with van der Waals surface area (Å²) < 4.78 is 5.02. The summed E-state index contributed by atoms with van der Waals surface area (Å²) in [6, 6.07) is 13.3. The average Bonchev–Trinajstić information content (AvgIpc) is 2.46. The van der Waals surface area contributed by atoms with E-state index >= 15 is 0 Å². The zero-order valence-electron chi connectivity index (χ0n) is 10.9. The van der Waals surface area contributed by atoms with Crippen molar-refractivity contribution in [3.05, 3.63) is 64.7 Å². The third-order valence-electron chi connectivity index (χ3n) is 2.66. The van der Waals surface area contributed by atoms with Crippen molar-refractivity contribution in [1.29, 1.82) is 0 Å². The van der Waals surface area contributed by atoms with Gasteiger partial charge in [0.1, 0.15) is 6.61 Å². The minimum Gasteiger partial charge on any atom is -0.478 e. The van der Waals surface area contributed by atoms with Gasteiger partial charge in [0.15, 0.2) is 0 Å². The second-order valence-electron chi connectivity index (χ2n) is 4.18. The normalized spacial score (nSPS) is 9.95. The highest BCUT2D eigenvalue weighted by Gasteiger charge is 2.13. The lowest BCUT2D eigenvalue weighted by Gasteiger charge is -2.09. The fourth-order valence-electron chi connectivity index (χ4n) is 1.68. The predicted octanol–water partition coefficient (Wildman–Crippen LogP) is 3.79. The van der Waals surface area contributed by atoms with Gasteiger partial charge in [-0.2, -0.15) is 0 Å². The number of anilines is 1. The molecule has 0 fully saturated rings. The molecule has 2 aromatic carbocycles. The summed E-state index contributed by atoms with van der Waals surface area (Å²) >= 11 is 5.79. The molecule has 1 amide bonds. The first-order chi connectivity index (χ1) is 10.1. The van der Waals surface area contributed by atoms with E-state index in [9.17, 15) is 9.59 Å². The van der Waals surface area contributed by atoms with Crippen molar-refractivity contribution in [3.8, 4) is 0 Å². The van der Waals surface area contributed by atoms with Gasteiger partial charge in [-0.05, 0) is 23.8 Å². The van der Waals surface area contributed by atoms with Crippen molar-refractivity contribution in [3.63, 3.8) is 0 Å². The van der Waals surface area contributed by atoms with Crippen LogP contribution in [0.15, 0.2) is 48.5 Å². The molecule has 0 aliphatic carbocycles. The van der Waals surface area contributed by atoms with Crippen LogP contribution in [0.3, 0.4) is 0 Å². The molecule has 0 radical (unpaired) electrons. The molecule has 0 bridgehead atoms. The van der Waals surface area contributed by atoms with Gasteiger partial charge in [0.2, 0.25) is 0 Å². The van der Waals surface area contributed by atoms with E-state index in [0.717, 1.165) is 5.56 Å². The van der Waals surface area contributed by atoms with Gasteiger partial charge in [0.05, 0.1) is 11.3 Å². The van der Waals surface area contributed by atoms with Gasteiger partial charge in [-0.15, -0.1) is 0 Å². The summed E-state index contributed by atoms with van der Waals surface area (Å²) in [5.41, 5.74) is 0.862. The number of benzene rings is 2. The molecule has 0 spiro atoms. The van der Waals surface area contributed by atoms with Crippen LogP contribution in [-0.2, 0) is 11.3 Å². The number of amides is 1. The van der Waals surface area contributed by atoms with Gasteiger partial charge in [0.25, 0.3) is 0 Å². The molecule has 2 rings (SSSR count). The Kier molecular flexibility index (Phi) is 4.79. The first-order valence-corrected chi connectivity index (χ1v) is 6.44. The predicted molar refractivity (Wildman–Crippen MR) is 78.7 cm³/mol. The van der Waals surface area contributed by atoms with E-state index in [1.807, 2.05) is 30.3 Å². The maximum atomic E-state index is 11.7. The van der Waals surface area contributed by atoms with Crippen LogP contribution in [0.2, 0.25) is 5.02 Å². The SMILES string of the molecule is O=C(Nc1cc(Cl)ccc1C(=O)O)OCc1ccccc1. The number of rotatable bonds is 4. The molecule has 21 heavy (non-hydrogen) atoms. The van der Waals surface area contributed by atoms with E-state index in [1.54, 1.807) is 0 Å². The standard InChI is InChI=1S/C15H12ClNO4/c16-11-6-7-12(14(18)19)13(8-11)17-15(20)21-9-10-4-2-1-3-5-10/h1-8H,9H2,(H,17,20)(H,18,19). The summed E-state index contributed by atoms with van der Waals surface area (Å²) in [6.07, 6.45) is -0.747. The zero-order chi connectivity index (χ0) is 15.2. The van der Waals surface area contributed by atoms with E-state index in [4.69, 9.17) is 21.4 Å². The number of aromatic carboxylic acids is 1. The number of carbonyl (C=O) groups is 2. The van der Waals surface area contributed by atoms with Gasteiger partial charge in [-0.1, -0.05) is 41.9 Å². The lowest BCUT2D eigenvalue weighted by Crippen LogP contribution is -2.16. The van der Waals surface area contributed by atoms with Gasteiger partial charge >= 0.3 is 12.1 Å². The lowest BCUT2D eigenvalue weighted by molar-refractivity contribution is 0.0698. The van der Waals surface area contributed by atoms with Gasteiger partial charge < -0.3 is 9.84 Å². The number of carbonyl (C=O) groups excluding carboxylic acids is 1. The maximum absolute atomic E-state index is 11.7. The van der Waals surface area contributed by atoms with Crippen LogP contribution in [-0.4, -0.2) is 17.2 Å². The molecule has 0 aliphatic rings. The molecule has 108 valence electrons. The van der Waals surface area contributed by atoms with Crippen molar-refractivity contribution in [2.24, 2.45) is 0 Å². The molecule has 0 aromatic heterocycles. The Bertz CT molecular complexity index is 658. The number of hydrogen-bond acceptors (Lipinski definition) is 3. The largest absolute Gasteiger partial charge is 0.478 e. The number of hydrogen-bond donors (Lipinski definition) is 2. The maximum Gasteiger partial charge on any atom is 0.411 e. The Morgan fingerprint density at radius 1 is 1.14 bits per heavy atom. The monoisotopic (exact) mass is 305 g/mol. The number of carboxylic acid groups (broad SMARTS) is 1. The number of nitrogens with one attached hydrogen (secondary N) is 1. The second-order valence-corrected chi connectivity index (χ2v) is 4.62. The Morgan fingerprint density at radius 3 is 2.52 bits per heavy atom. The molecule has 0 saturated carbocycles. The number of ether oxygens (including phenoxy) is 1. The molecule has 0 atom stereocenters. The zero-order valence-corrected chi connectivity index (χ0v) is 11.6. The van der Waals surface area contributed by atoms with E-state index in [-0.39, 0.29) is 17.9 Å². The van der Waals surface area contributed by atoms with Crippen LogP contribution < -0.4 is 5.32 Å². The Hall–Kier alpha value is -2.53. The number of halogens is 1. The molecule has 0 heterocycles. The summed E-state index contributed by atoms with van der Waals surface area (Å²) in [4.78, 5) is 22.8. The van der Waals surface area contributed by atoms with Crippen LogP contribution in [0.4, 0.5) is 10.5 Å². The highest BCUT2D eigenvalue weighted by Crippen LogP contribution is 2.21. The Morgan fingerprint density at radius 2 is 1.86 bits per heavy atom. The van der Waals surface area contributed by atoms with Crippen molar-refractivity contribution >= 4 is 29.4 Å². The van der Waals surface area contributed by atoms with Crippen molar-refractivity contribution < 1.29 is 19.4 Å². The Labute approximate surface area is 126 Å². The summed E-state index contributed by atoms with van der Waals surface area (Å²) in [7, 11) is 0. The summed E-state index contributed by atoms with van der Waals surface area (Å²) in [5.74, 6) is -1.16. The van der Waals surface area contributed by atoms with E-state index in [1.165, 1.54) is 18.2 Å². The molecule has 2 aromatic rings. The summed E-state index contributed by atoms with van der Waals surface area (Å²) in [6.45, 7) is 0.0929. The Balaban J connectivity index is 2.02. The second kappa shape index (κ2) is 6.76. The van der Waals surface area contributed by atoms with E-state index in [2.05, 4.69) is 5.32 Å². The van der Waals surface area contributed by atoms with E-state index in [0.29, 0.717) is 5.02 Å². The van der Waals surface area contributed by atoms with Crippen molar-refractivity contribution in [2.75, 3.05) is 5.32 Å². The van der Waals surface area contributed by atoms with Crippen molar-refractivity contribution in [1.82, 2.24) is 0 Å². The first kappa shape index (κ1) is 14.9. The topological polar surface area (TPSA) is 75.6 Å². The quantitative estimate of drug-likeness (QED) is 0.901. The van der Waals surface area contributed by atoms with Crippen LogP contribution in [0, 0.1) is 0 Å². The minimum absolute atomic E-state index is 0.0592. The fourth-order valence-corrected chi connectivity index (χ4v) is 1.85. The molecule has 0 saturated heterocycles. The van der Waals surface area contributed by atoms with Crippen LogP contribution >= 0.6 is 11.6 Å². The molecular formula is C15H12ClNO4. The summed E-state index contributed by atoms with van der Waals surface area (Å²) in [5, 5.41) is 11.7. The average molecular weight is 306 g/mol. The van der Waals surface area contributed by atoms with Crippen LogP contribution in [0.25, 0.3) is 0 Å². The van der Waals surface area contributed by atoms with Gasteiger partial charge in [-0.25, -0.2) is 9.59 Å². The lowest BCUT2D eigenvalue weighted by atomic mass is 10.2. The molecule has 5 nitrogen and oxygen atoms in total. The molecule has 2 N–H and O–H groups in total. The van der Waals surface area contributed by atoms with Crippen LogP contribution in [0.5, 0.6) is 0 Å². The molecular weight excluding hydrogens is 294 g/mol. The first-order valence-electron chi connectivity index (χ1n) is 6.07. The molecule has 0 unspecified atom stereocenters.